The number of aromatic hydroxyl groups is 1. The van der Waals surface area contributed by atoms with Crippen LogP contribution in [0.5, 0.6) is 17.2 Å². The minimum atomic E-state index is -0.822. The number of benzene rings is 2. The molecule has 0 aromatic heterocycles. The van der Waals surface area contributed by atoms with E-state index in [0.29, 0.717) is 17.1 Å². The third kappa shape index (κ3) is 3.01. The van der Waals surface area contributed by atoms with Crippen molar-refractivity contribution >= 4 is 23.4 Å². The fourth-order valence-corrected chi connectivity index (χ4v) is 3.13. The number of phenols is 1. The van der Waals surface area contributed by atoms with Gasteiger partial charge in [-0.05, 0) is 29.8 Å². The highest BCUT2D eigenvalue weighted by molar-refractivity contribution is 6.33. The van der Waals surface area contributed by atoms with Gasteiger partial charge in [-0.1, -0.05) is 18.2 Å². The van der Waals surface area contributed by atoms with Crippen molar-refractivity contribution in [1.29, 1.82) is 0 Å². The quantitative estimate of drug-likeness (QED) is 0.617. The number of halogens is 1. The zero-order valence-electron chi connectivity index (χ0n) is 14.1. The molecule has 8 heteroatoms. The highest BCUT2D eigenvalue weighted by Crippen LogP contribution is 2.40. The first-order chi connectivity index (χ1) is 12.5. The van der Waals surface area contributed by atoms with Crippen LogP contribution in [0.4, 0.5) is 0 Å². The average Bonchev–Trinajstić information content (AvgIpc) is 2.67. The SMILES string of the molecule is COc1ccc([C@@H]2[C@H](Cl)C(=O)N2NC(=O)c2ccccc2O)cc1OC. The van der Waals surface area contributed by atoms with Crippen molar-refractivity contribution in [1.82, 2.24) is 10.4 Å². The van der Waals surface area contributed by atoms with E-state index >= 15 is 0 Å². The van der Waals surface area contributed by atoms with E-state index in [2.05, 4.69) is 5.43 Å². The van der Waals surface area contributed by atoms with Crippen LogP contribution in [0.15, 0.2) is 42.5 Å². The normalized spacial score (nSPS) is 18.9. The summed E-state index contributed by atoms with van der Waals surface area (Å²) in [6.45, 7) is 0. The molecule has 2 N–H and O–H groups in total. The van der Waals surface area contributed by atoms with Gasteiger partial charge in [0.1, 0.15) is 17.2 Å². The van der Waals surface area contributed by atoms with Crippen molar-refractivity contribution in [2.45, 2.75) is 11.4 Å². The summed E-state index contributed by atoms with van der Waals surface area (Å²) in [5, 5.41) is 10.1. The van der Waals surface area contributed by atoms with E-state index in [1.54, 1.807) is 30.3 Å². The second-order valence-corrected chi connectivity index (χ2v) is 6.10. The predicted molar refractivity (Wildman–Crippen MR) is 94.3 cm³/mol. The molecule has 1 aliphatic heterocycles. The topological polar surface area (TPSA) is 88.1 Å². The molecule has 3 rings (SSSR count). The van der Waals surface area contributed by atoms with Crippen LogP contribution in [-0.4, -0.2) is 41.5 Å². The van der Waals surface area contributed by atoms with Crippen molar-refractivity contribution in [3.63, 3.8) is 0 Å². The Balaban J connectivity index is 1.85. The average molecular weight is 377 g/mol. The van der Waals surface area contributed by atoms with Crippen molar-refractivity contribution in [3.05, 3.63) is 53.6 Å². The van der Waals surface area contributed by atoms with E-state index in [0.717, 1.165) is 5.01 Å². The van der Waals surface area contributed by atoms with E-state index in [1.807, 2.05) is 0 Å². The molecule has 2 aromatic rings. The molecule has 1 aliphatic rings. The Hall–Kier alpha value is -2.93. The number of phenolic OH excluding ortho intramolecular Hbond substituents is 1. The molecular formula is C18H17ClN2O5. The van der Waals surface area contributed by atoms with Gasteiger partial charge in [0, 0.05) is 0 Å². The molecule has 26 heavy (non-hydrogen) atoms. The Morgan fingerprint density at radius 1 is 1.15 bits per heavy atom. The fraction of sp³-hybridized carbons (Fsp3) is 0.222. The van der Waals surface area contributed by atoms with Crippen molar-refractivity contribution in [2.75, 3.05) is 14.2 Å². The van der Waals surface area contributed by atoms with E-state index in [4.69, 9.17) is 21.1 Å². The van der Waals surface area contributed by atoms with Crippen LogP contribution < -0.4 is 14.9 Å². The molecular weight excluding hydrogens is 360 g/mol. The van der Waals surface area contributed by atoms with E-state index < -0.39 is 23.2 Å². The number of carbonyl (C=O) groups is 2. The summed E-state index contributed by atoms with van der Waals surface area (Å²) in [4.78, 5) is 24.5. The first-order valence-electron chi connectivity index (χ1n) is 7.76. The van der Waals surface area contributed by atoms with Crippen LogP contribution in [0.1, 0.15) is 22.0 Å². The summed E-state index contributed by atoms with van der Waals surface area (Å²) < 4.78 is 10.5. The number of amides is 2. The first-order valence-corrected chi connectivity index (χ1v) is 8.19. The van der Waals surface area contributed by atoms with E-state index in [1.165, 1.54) is 26.4 Å². The number of alkyl halides is 1. The number of nitrogens with zero attached hydrogens (tertiary/aromatic N) is 1. The zero-order valence-corrected chi connectivity index (χ0v) is 14.9. The maximum Gasteiger partial charge on any atom is 0.273 e. The lowest BCUT2D eigenvalue weighted by molar-refractivity contribution is -0.149. The van der Waals surface area contributed by atoms with Gasteiger partial charge in [0.05, 0.1) is 19.8 Å². The highest BCUT2D eigenvalue weighted by Gasteiger charge is 2.48. The Labute approximate surface area is 155 Å². The number of hydrogen-bond acceptors (Lipinski definition) is 5. The number of hydrogen-bond donors (Lipinski definition) is 2. The molecule has 1 heterocycles. The first kappa shape index (κ1) is 17.9. The number of carbonyl (C=O) groups excluding carboxylic acids is 2. The number of rotatable bonds is 5. The molecule has 2 atom stereocenters. The molecule has 1 fully saturated rings. The van der Waals surface area contributed by atoms with Crippen LogP contribution >= 0.6 is 11.6 Å². The standard InChI is InChI=1S/C18H17ClN2O5/c1-25-13-8-7-10(9-14(13)26-2)16-15(19)18(24)21(16)20-17(23)11-5-3-4-6-12(11)22/h3-9,15-16,22H,1-2H3,(H,20,23)/t15-,16+/m0/s1. The smallest absolute Gasteiger partial charge is 0.273 e. The third-order valence-electron chi connectivity index (χ3n) is 4.15. The minimum absolute atomic E-state index is 0.0596. The lowest BCUT2D eigenvalue weighted by Crippen LogP contribution is -2.63. The Morgan fingerprint density at radius 2 is 1.85 bits per heavy atom. The molecule has 1 saturated heterocycles. The zero-order chi connectivity index (χ0) is 18.8. The largest absolute Gasteiger partial charge is 0.507 e. The monoisotopic (exact) mass is 376 g/mol. The van der Waals surface area contributed by atoms with Gasteiger partial charge in [-0.2, -0.15) is 0 Å². The van der Waals surface area contributed by atoms with E-state index in [9.17, 15) is 14.7 Å². The molecule has 0 spiro atoms. The molecule has 0 unspecified atom stereocenters. The van der Waals surface area contributed by atoms with Gasteiger partial charge in [0.15, 0.2) is 11.5 Å². The number of methoxy groups -OCH3 is 2. The van der Waals surface area contributed by atoms with Gasteiger partial charge in [-0.15, -0.1) is 11.6 Å². The van der Waals surface area contributed by atoms with Gasteiger partial charge in [0.2, 0.25) is 0 Å². The number of β-lactam (4-membered cyclic amide) rings is 1. The van der Waals surface area contributed by atoms with Crippen LogP contribution in [0, 0.1) is 0 Å². The summed E-state index contributed by atoms with van der Waals surface area (Å²) in [7, 11) is 3.02. The Kier molecular flexibility index (Phi) is 4.90. The summed E-state index contributed by atoms with van der Waals surface area (Å²) in [6, 6.07) is 10.6. The molecule has 0 aliphatic carbocycles. The predicted octanol–water partition coefficient (Wildman–Crippen LogP) is 2.25. The van der Waals surface area contributed by atoms with Crippen LogP contribution in [0.25, 0.3) is 0 Å². The molecule has 2 aromatic carbocycles. The van der Waals surface area contributed by atoms with Gasteiger partial charge >= 0.3 is 0 Å². The second-order valence-electron chi connectivity index (χ2n) is 5.63. The summed E-state index contributed by atoms with van der Waals surface area (Å²) in [5.41, 5.74) is 3.24. The number of ether oxygens (including phenoxy) is 2. The fourth-order valence-electron chi connectivity index (χ4n) is 2.77. The highest BCUT2D eigenvalue weighted by atomic mass is 35.5. The van der Waals surface area contributed by atoms with Gasteiger partial charge in [-0.3, -0.25) is 15.0 Å². The molecule has 0 radical (unpaired) electrons. The molecule has 0 saturated carbocycles. The van der Waals surface area contributed by atoms with Gasteiger partial charge in [0.25, 0.3) is 11.8 Å². The number of hydrazine groups is 1. The number of para-hydroxylation sites is 1. The molecule has 2 amide bonds. The Morgan fingerprint density at radius 3 is 2.50 bits per heavy atom. The lowest BCUT2D eigenvalue weighted by Gasteiger charge is -2.44. The molecule has 7 nitrogen and oxygen atoms in total. The number of nitrogens with one attached hydrogen (secondary N) is 1. The Bertz CT molecular complexity index is 857. The summed E-state index contributed by atoms with van der Waals surface area (Å²) >= 11 is 6.16. The van der Waals surface area contributed by atoms with Crippen LogP contribution in [0.2, 0.25) is 0 Å². The lowest BCUT2D eigenvalue weighted by atomic mass is 9.95. The van der Waals surface area contributed by atoms with Crippen molar-refractivity contribution in [2.24, 2.45) is 0 Å². The molecule has 136 valence electrons. The van der Waals surface area contributed by atoms with E-state index in [-0.39, 0.29) is 11.3 Å². The third-order valence-corrected chi connectivity index (χ3v) is 4.57. The van der Waals surface area contributed by atoms with Crippen molar-refractivity contribution in [3.8, 4) is 17.2 Å². The van der Waals surface area contributed by atoms with Crippen LogP contribution in [-0.2, 0) is 4.79 Å². The maximum atomic E-state index is 12.4. The minimum Gasteiger partial charge on any atom is -0.507 e. The van der Waals surface area contributed by atoms with Gasteiger partial charge < -0.3 is 14.6 Å². The summed E-state index contributed by atoms with van der Waals surface area (Å²) in [6.07, 6.45) is 0. The van der Waals surface area contributed by atoms with Gasteiger partial charge in [-0.25, -0.2) is 5.01 Å². The summed E-state index contributed by atoms with van der Waals surface area (Å²) in [5.74, 6) is -0.193. The molecule has 0 bridgehead atoms. The second kappa shape index (κ2) is 7.13. The maximum absolute atomic E-state index is 12.4. The van der Waals surface area contributed by atoms with Crippen LogP contribution in [0.3, 0.4) is 0 Å². The van der Waals surface area contributed by atoms with Crippen molar-refractivity contribution < 1.29 is 24.2 Å².